The van der Waals surface area contributed by atoms with Crippen molar-refractivity contribution < 1.29 is 0 Å². The highest BCUT2D eigenvalue weighted by molar-refractivity contribution is 5.33. The molecule has 0 aromatic heterocycles. The first kappa shape index (κ1) is 7.77. The largest absolute Gasteiger partial charge is 0.330 e. The normalized spacial score (nSPS) is 20.9. The molecule has 1 aliphatic rings. The van der Waals surface area contributed by atoms with Crippen LogP contribution in [0.3, 0.4) is 0 Å². The summed E-state index contributed by atoms with van der Waals surface area (Å²) in [6.45, 7) is 1.76. The van der Waals surface area contributed by atoms with Gasteiger partial charge in [-0.25, -0.2) is 0 Å². The second kappa shape index (κ2) is 3.25. The van der Waals surface area contributed by atoms with Gasteiger partial charge >= 0.3 is 0 Å². The van der Waals surface area contributed by atoms with Gasteiger partial charge in [0.2, 0.25) is 0 Å². The van der Waals surface area contributed by atoms with Crippen LogP contribution < -0.4 is 11.1 Å². The Hall–Kier alpha value is -0.860. The van der Waals surface area contributed by atoms with Crippen LogP contribution in [0.1, 0.15) is 23.6 Å². The molecule has 3 N–H and O–H groups in total. The standard InChI is InChI=1S/C10H14N2/c11-6-5-10-9-4-2-1-3-8(9)7-12-10/h1-4,10,12H,5-7,11H2/t10-/m0/s1. The molecule has 0 radical (unpaired) electrons. The maximum absolute atomic E-state index is 5.53. The summed E-state index contributed by atoms with van der Waals surface area (Å²) >= 11 is 0. The molecule has 0 unspecified atom stereocenters. The zero-order valence-corrected chi connectivity index (χ0v) is 7.09. The summed E-state index contributed by atoms with van der Waals surface area (Å²) in [6.07, 6.45) is 1.04. The number of benzene rings is 1. The van der Waals surface area contributed by atoms with E-state index in [2.05, 4.69) is 29.6 Å². The van der Waals surface area contributed by atoms with E-state index in [9.17, 15) is 0 Å². The number of nitrogens with one attached hydrogen (secondary N) is 1. The van der Waals surface area contributed by atoms with E-state index in [1.54, 1.807) is 0 Å². The van der Waals surface area contributed by atoms with E-state index in [-0.39, 0.29) is 0 Å². The first-order valence-corrected chi connectivity index (χ1v) is 4.43. The van der Waals surface area contributed by atoms with Crippen molar-refractivity contribution in [3.05, 3.63) is 35.4 Å². The van der Waals surface area contributed by atoms with Gasteiger partial charge in [-0.2, -0.15) is 0 Å². The van der Waals surface area contributed by atoms with Crippen LogP contribution in [-0.2, 0) is 6.54 Å². The number of hydrogen-bond acceptors (Lipinski definition) is 2. The molecule has 1 aliphatic heterocycles. The second-order valence-corrected chi connectivity index (χ2v) is 3.21. The first-order valence-electron chi connectivity index (χ1n) is 4.43. The monoisotopic (exact) mass is 162 g/mol. The summed E-state index contributed by atoms with van der Waals surface area (Å²) in [5.41, 5.74) is 8.39. The van der Waals surface area contributed by atoms with Crippen molar-refractivity contribution in [3.63, 3.8) is 0 Å². The maximum atomic E-state index is 5.53. The summed E-state index contributed by atoms with van der Waals surface area (Å²) in [6, 6.07) is 9.04. The molecule has 0 amide bonds. The molecule has 12 heavy (non-hydrogen) atoms. The van der Waals surface area contributed by atoms with E-state index in [1.165, 1.54) is 11.1 Å². The summed E-state index contributed by atoms with van der Waals surface area (Å²) < 4.78 is 0. The van der Waals surface area contributed by atoms with Crippen molar-refractivity contribution in [2.24, 2.45) is 5.73 Å². The second-order valence-electron chi connectivity index (χ2n) is 3.21. The number of fused-ring (bicyclic) bond motifs is 1. The van der Waals surface area contributed by atoms with Crippen LogP contribution in [0, 0.1) is 0 Å². The Balaban J connectivity index is 2.24. The molecule has 2 heteroatoms. The quantitative estimate of drug-likeness (QED) is 0.685. The van der Waals surface area contributed by atoms with Gasteiger partial charge in [-0.15, -0.1) is 0 Å². The molecule has 0 saturated heterocycles. The minimum Gasteiger partial charge on any atom is -0.330 e. The Bertz CT molecular complexity index is 268. The summed E-state index contributed by atoms with van der Waals surface area (Å²) in [5, 5.41) is 3.44. The molecule has 2 rings (SSSR count). The lowest BCUT2D eigenvalue weighted by Crippen LogP contribution is -2.16. The molecular weight excluding hydrogens is 148 g/mol. The van der Waals surface area contributed by atoms with Crippen molar-refractivity contribution in [2.75, 3.05) is 6.54 Å². The van der Waals surface area contributed by atoms with E-state index >= 15 is 0 Å². The van der Waals surface area contributed by atoms with Gasteiger partial charge in [0.25, 0.3) is 0 Å². The molecule has 0 spiro atoms. The van der Waals surface area contributed by atoms with Crippen LogP contribution in [0.5, 0.6) is 0 Å². The average molecular weight is 162 g/mol. The zero-order chi connectivity index (χ0) is 8.39. The molecule has 64 valence electrons. The molecule has 1 heterocycles. The van der Waals surface area contributed by atoms with Crippen molar-refractivity contribution >= 4 is 0 Å². The van der Waals surface area contributed by atoms with Gasteiger partial charge in [0.1, 0.15) is 0 Å². The highest BCUT2D eigenvalue weighted by Crippen LogP contribution is 2.26. The molecule has 2 nitrogen and oxygen atoms in total. The third-order valence-corrected chi connectivity index (χ3v) is 2.42. The van der Waals surface area contributed by atoms with Gasteiger partial charge in [0, 0.05) is 12.6 Å². The van der Waals surface area contributed by atoms with Crippen molar-refractivity contribution in [1.82, 2.24) is 5.32 Å². The Morgan fingerprint density at radius 1 is 1.42 bits per heavy atom. The third kappa shape index (κ3) is 1.24. The SMILES string of the molecule is NCC[C@@H]1NCc2ccccc21. The fraction of sp³-hybridized carbons (Fsp3) is 0.400. The van der Waals surface area contributed by atoms with Gasteiger partial charge in [-0.05, 0) is 24.1 Å². The van der Waals surface area contributed by atoms with Gasteiger partial charge < -0.3 is 11.1 Å². The van der Waals surface area contributed by atoms with Crippen molar-refractivity contribution in [3.8, 4) is 0 Å². The van der Waals surface area contributed by atoms with E-state index in [0.29, 0.717) is 6.04 Å². The highest BCUT2D eigenvalue weighted by atomic mass is 14.9. The van der Waals surface area contributed by atoms with Gasteiger partial charge in [-0.1, -0.05) is 24.3 Å². The molecule has 0 fully saturated rings. The van der Waals surface area contributed by atoms with Crippen LogP contribution in [0.15, 0.2) is 24.3 Å². The zero-order valence-electron chi connectivity index (χ0n) is 7.09. The minimum atomic E-state index is 0.492. The third-order valence-electron chi connectivity index (χ3n) is 2.42. The number of nitrogens with two attached hydrogens (primary N) is 1. The lowest BCUT2D eigenvalue weighted by Gasteiger charge is -2.09. The van der Waals surface area contributed by atoms with Gasteiger partial charge in [-0.3, -0.25) is 0 Å². The first-order chi connectivity index (χ1) is 5.92. The van der Waals surface area contributed by atoms with E-state index in [1.807, 2.05) is 0 Å². The van der Waals surface area contributed by atoms with Crippen molar-refractivity contribution in [1.29, 1.82) is 0 Å². The molecule has 0 aliphatic carbocycles. The summed E-state index contributed by atoms with van der Waals surface area (Å²) in [7, 11) is 0. The molecular formula is C10H14N2. The van der Waals surface area contributed by atoms with Crippen LogP contribution in [0.25, 0.3) is 0 Å². The van der Waals surface area contributed by atoms with Crippen molar-refractivity contribution in [2.45, 2.75) is 19.0 Å². The van der Waals surface area contributed by atoms with E-state index in [4.69, 9.17) is 5.73 Å². The van der Waals surface area contributed by atoms with Crippen LogP contribution in [0.4, 0.5) is 0 Å². The molecule has 0 bridgehead atoms. The Morgan fingerprint density at radius 3 is 3.08 bits per heavy atom. The van der Waals surface area contributed by atoms with E-state index in [0.717, 1.165) is 19.5 Å². The topological polar surface area (TPSA) is 38.0 Å². The fourth-order valence-corrected chi connectivity index (χ4v) is 1.80. The molecule has 1 aromatic carbocycles. The smallest absolute Gasteiger partial charge is 0.0338 e. The van der Waals surface area contributed by atoms with Crippen LogP contribution in [-0.4, -0.2) is 6.54 Å². The van der Waals surface area contributed by atoms with Crippen LogP contribution >= 0.6 is 0 Å². The van der Waals surface area contributed by atoms with Gasteiger partial charge in [0.05, 0.1) is 0 Å². The minimum absolute atomic E-state index is 0.492. The predicted molar refractivity (Wildman–Crippen MR) is 49.7 cm³/mol. The number of hydrogen-bond donors (Lipinski definition) is 2. The average Bonchev–Trinajstić information content (AvgIpc) is 2.50. The Morgan fingerprint density at radius 2 is 2.25 bits per heavy atom. The lowest BCUT2D eigenvalue weighted by atomic mass is 10.0. The maximum Gasteiger partial charge on any atom is 0.0338 e. The fourth-order valence-electron chi connectivity index (χ4n) is 1.80. The molecule has 0 saturated carbocycles. The molecule has 1 aromatic rings. The summed E-state index contributed by atoms with van der Waals surface area (Å²) in [5.74, 6) is 0. The van der Waals surface area contributed by atoms with Crippen LogP contribution in [0.2, 0.25) is 0 Å². The predicted octanol–water partition coefficient (Wildman–Crippen LogP) is 1.18. The Kier molecular flexibility index (Phi) is 2.11. The lowest BCUT2D eigenvalue weighted by molar-refractivity contribution is 0.549. The van der Waals surface area contributed by atoms with Gasteiger partial charge in [0.15, 0.2) is 0 Å². The summed E-state index contributed by atoms with van der Waals surface area (Å²) in [4.78, 5) is 0. The highest BCUT2D eigenvalue weighted by Gasteiger charge is 2.19. The number of rotatable bonds is 2. The molecule has 1 atom stereocenters. The Labute approximate surface area is 72.8 Å². The van der Waals surface area contributed by atoms with E-state index < -0.39 is 0 Å².